The van der Waals surface area contributed by atoms with E-state index in [9.17, 15) is 9.90 Å². The summed E-state index contributed by atoms with van der Waals surface area (Å²) in [7, 11) is 0. The lowest BCUT2D eigenvalue weighted by atomic mass is 10.1. The first kappa shape index (κ1) is 15.3. The maximum Gasteiger partial charge on any atom is 0.354 e. The Morgan fingerprint density at radius 3 is 2.64 bits per heavy atom. The second kappa shape index (κ2) is 5.98. The number of carboxylic acids is 1. The van der Waals surface area contributed by atoms with E-state index in [0.717, 1.165) is 11.1 Å². The molecule has 0 atom stereocenters. The summed E-state index contributed by atoms with van der Waals surface area (Å²) in [6.07, 6.45) is 0. The van der Waals surface area contributed by atoms with Crippen molar-refractivity contribution in [3.63, 3.8) is 0 Å². The number of carboxylic acid groups (broad SMARTS) is 1. The summed E-state index contributed by atoms with van der Waals surface area (Å²) in [5.41, 5.74) is 3.19. The smallest absolute Gasteiger partial charge is 0.354 e. The van der Waals surface area contributed by atoms with Gasteiger partial charge in [0.05, 0.1) is 11.4 Å². The summed E-state index contributed by atoms with van der Waals surface area (Å²) in [6.45, 7) is 2.97. The van der Waals surface area contributed by atoms with Crippen molar-refractivity contribution in [3.8, 4) is 28.4 Å². The van der Waals surface area contributed by atoms with Crippen LogP contribution in [0.5, 0.6) is 11.5 Å². The minimum Gasteiger partial charge on any atom is -0.486 e. The van der Waals surface area contributed by atoms with Gasteiger partial charge in [0.1, 0.15) is 13.2 Å². The fraction of sp³-hybridized carbons (Fsp3) is 0.158. The first-order valence-electron chi connectivity index (χ1n) is 7.92. The van der Waals surface area contributed by atoms with Crippen LogP contribution in [0.4, 0.5) is 0 Å². The van der Waals surface area contributed by atoms with Gasteiger partial charge in [-0.2, -0.15) is 5.10 Å². The van der Waals surface area contributed by atoms with Crippen LogP contribution in [-0.2, 0) is 0 Å². The highest BCUT2D eigenvalue weighted by Crippen LogP contribution is 2.34. The quantitative estimate of drug-likeness (QED) is 0.794. The number of benzene rings is 2. The van der Waals surface area contributed by atoms with Crippen LogP contribution in [0.25, 0.3) is 16.9 Å². The third kappa shape index (κ3) is 2.82. The van der Waals surface area contributed by atoms with Crippen molar-refractivity contribution in [2.45, 2.75) is 6.92 Å². The van der Waals surface area contributed by atoms with E-state index in [0.29, 0.717) is 36.1 Å². The van der Waals surface area contributed by atoms with E-state index in [1.165, 1.54) is 4.68 Å². The van der Waals surface area contributed by atoms with Crippen molar-refractivity contribution in [2.24, 2.45) is 0 Å². The molecule has 2 heterocycles. The molecular weight excluding hydrogens is 320 g/mol. The van der Waals surface area contributed by atoms with Crippen molar-refractivity contribution >= 4 is 5.97 Å². The molecule has 1 aromatic heterocycles. The Morgan fingerprint density at radius 1 is 1.08 bits per heavy atom. The van der Waals surface area contributed by atoms with Gasteiger partial charge in [-0.3, -0.25) is 0 Å². The fourth-order valence-electron chi connectivity index (χ4n) is 2.83. The Labute approximate surface area is 144 Å². The number of fused-ring (bicyclic) bond motifs is 1. The molecule has 1 aliphatic heterocycles. The Morgan fingerprint density at radius 2 is 1.88 bits per heavy atom. The van der Waals surface area contributed by atoms with Crippen LogP contribution in [0.3, 0.4) is 0 Å². The van der Waals surface area contributed by atoms with Crippen LogP contribution in [0.15, 0.2) is 48.5 Å². The number of hydrogen-bond acceptors (Lipinski definition) is 4. The van der Waals surface area contributed by atoms with Crippen molar-refractivity contribution in [1.82, 2.24) is 9.78 Å². The fourth-order valence-corrected chi connectivity index (χ4v) is 2.83. The molecule has 3 aromatic rings. The average Bonchev–Trinajstić information content (AvgIpc) is 3.07. The highest BCUT2D eigenvalue weighted by Gasteiger charge is 2.19. The molecule has 0 amide bonds. The van der Waals surface area contributed by atoms with E-state index in [1.54, 1.807) is 6.07 Å². The first-order chi connectivity index (χ1) is 12.1. The maximum absolute atomic E-state index is 11.7. The number of rotatable bonds is 3. The molecular formula is C19H16N2O4. The predicted octanol–water partition coefficient (Wildman–Crippen LogP) is 3.32. The number of aromatic carboxylic acids is 1. The monoisotopic (exact) mass is 336 g/mol. The molecule has 0 spiro atoms. The number of hydrogen-bond donors (Lipinski definition) is 1. The molecule has 0 fully saturated rings. The van der Waals surface area contributed by atoms with Crippen molar-refractivity contribution in [2.75, 3.05) is 13.2 Å². The molecule has 0 radical (unpaired) electrons. The van der Waals surface area contributed by atoms with Crippen molar-refractivity contribution in [1.29, 1.82) is 0 Å². The van der Waals surface area contributed by atoms with Crippen LogP contribution >= 0.6 is 0 Å². The SMILES string of the molecule is Cc1cccc(-n2nc(-c3ccc4c(c3)OCCO4)cc2C(=O)O)c1. The summed E-state index contributed by atoms with van der Waals surface area (Å²) in [5.74, 6) is 0.301. The van der Waals surface area contributed by atoms with Crippen molar-refractivity contribution < 1.29 is 19.4 Å². The third-order valence-corrected chi connectivity index (χ3v) is 4.01. The van der Waals surface area contributed by atoms with Crippen molar-refractivity contribution in [3.05, 3.63) is 59.8 Å². The highest BCUT2D eigenvalue weighted by molar-refractivity contribution is 5.88. The normalized spacial score (nSPS) is 12.8. The van der Waals surface area contributed by atoms with E-state index in [1.807, 2.05) is 49.4 Å². The Balaban J connectivity index is 1.81. The largest absolute Gasteiger partial charge is 0.486 e. The molecule has 1 N–H and O–H groups in total. The molecule has 1 aliphatic rings. The zero-order valence-corrected chi connectivity index (χ0v) is 13.6. The molecule has 4 rings (SSSR count). The highest BCUT2D eigenvalue weighted by atomic mass is 16.6. The molecule has 0 aliphatic carbocycles. The predicted molar refractivity (Wildman–Crippen MR) is 91.7 cm³/mol. The van der Waals surface area contributed by atoms with E-state index in [2.05, 4.69) is 5.10 Å². The van der Waals surface area contributed by atoms with Crippen LogP contribution in [0.2, 0.25) is 0 Å². The molecule has 2 aromatic carbocycles. The number of ether oxygens (including phenoxy) is 2. The zero-order valence-electron chi connectivity index (χ0n) is 13.6. The molecule has 0 bridgehead atoms. The number of carbonyl (C=O) groups is 1. The molecule has 0 unspecified atom stereocenters. The lowest BCUT2D eigenvalue weighted by Gasteiger charge is -2.18. The lowest BCUT2D eigenvalue weighted by Crippen LogP contribution is -2.15. The van der Waals surface area contributed by atoms with Gasteiger partial charge in [0.15, 0.2) is 17.2 Å². The first-order valence-corrected chi connectivity index (χ1v) is 7.92. The van der Waals surface area contributed by atoms with E-state index < -0.39 is 5.97 Å². The maximum atomic E-state index is 11.7. The van der Waals surface area contributed by atoms with Gasteiger partial charge in [0.25, 0.3) is 0 Å². The molecule has 25 heavy (non-hydrogen) atoms. The minimum absolute atomic E-state index is 0.107. The summed E-state index contributed by atoms with van der Waals surface area (Å²) in [5, 5.41) is 14.0. The van der Waals surface area contributed by atoms with Gasteiger partial charge in [-0.05, 0) is 48.9 Å². The summed E-state index contributed by atoms with van der Waals surface area (Å²) in [4.78, 5) is 11.7. The van der Waals surface area contributed by atoms with Crippen LogP contribution in [0.1, 0.15) is 16.1 Å². The molecule has 0 saturated heterocycles. The van der Waals surface area contributed by atoms with E-state index in [4.69, 9.17) is 9.47 Å². The van der Waals surface area contributed by atoms with Gasteiger partial charge in [0.2, 0.25) is 0 Å². The summed E-state index contributed by atoms with van der Waals surface area (Å²) >= 11 is 0. The van der Waals surface area contributed by atoms with Gasteiger partial charge in [-0.1, -0.05) is 12.1 Å². The standard InChI is InChI=1S/C19H16N2O4/c1-12-3-2-4-14(9-12)21-16(19(22)23)11-15(20-21)13-5-6-17-18(10-13)25-8-7-24-17/h2-6,9-11H,7-8H2,1H3,(H,22,23). The van der Waals surface area contributed by atoms with Crippen LogP contribution < -0.4 is 9.47 Å². The molecule has 6 heteroatoms. The van der Waals surface area contributed by atoms with Gasteiger partial charge in [-0.15, -0.1) is 0 Å². The van der Waals surface area contributed by atoms with Crippen LogP contribution in [0, 0.1) is 6.92 Å². The Bertz CT molecular complexity index is 962. The number of nitrogens with zero attached hydrogens (tertiary/aromatic N) is 2. The number of aromatic nitrogens is 2. The lowest BCUT2D eigenvalue weighted by molar-refractivity contribution is 0.0687. The molecule has 126 valence electrons. The van der Waals surface area contributed by atoms with Gasteiger partial charge in [0, 0.05) is 5.56 Å². The summed E-state index contributed by atoms with van der Waals surface area (Å²) in [6, 6.07) is 14.6. The van der Waals surface area contributed by atoms with Gasteiger partial charge in [-0.25, -0.2) is 9.48 Å². The zero-order chi connectivity index (χ0) is 17.4. The third-order valence-electron chi connectivity index (χ3n) is 4.01. The molecule has 0 saturated carbocycles. The van der Waals surface area contributed by atoms with Gasteiger partial charge >= 0.3 is 5.97 Å². The molecule has 6 nitrogen and oxygen atoms in total. The van der Waals surface area contributed by atoms with E-state index >= 15 is 0 Å². The summed E-state index contributed by atoms with van der Waals surface area (Å²) < 4.78 is 12.6. The average molecular weight is 336 g/mol. The number of aryl methyl sites for hydroxylation is 1. The second-order valence-corrected chi connectivity index (χ2v) is 5.83. The Hall–Kier alpha value is -3.28. The minimum atomic E-state index is -1.03. The van der Waals surface area contributed by atoms with E-state index in [-0.39, 0.29) is 5.69 Å². The Kier molecular flexibility index (Phi) is 3.65. The second-order valence-electron chi connectivity index (χ2n) is 5.83. The topological polar surface area (TPSA) is 73.6 Å². The van der Waals surface area contributed by atoms with Gasteiger partial charge < -0.3 is 14.6 Å². The van der Waals surface area contributed by atoms with Crippen LogP contribution in [-0.4, -0.2) is 34.1 Å².